The standard InChI is InChI=1S/C24H18ClN3O3S/c1-15(29)16-6-5-7-18(12-16)26-22(30)14-32-24-27-21-13-17(25)10-11-20(21)23(31)28(24)19-8-3-2-4-9-19/h2-13H,14H2,1H3,(H,26,30). The molecule has 0 radical (unpaired) electrons. The molecule has 0 aliphatic carbocycles. The number of ketones is 1. The van der Waals surface area contributed by atoms with Crippen molar-refractivity contribution in [2.24, 2.45) is 0 Å². The van der Waals surface area contributed by atoms with Crippen LogP contribution >= 0.6 is 23.4 Å². The first-order chi connectivity index (χ1) is 15.4. The molecule has 1 aromatic heterocycles. The summed E-state index contributed by atoms with van der Waals surface area (Å²) in [6.45, 7) is 1.47. The minimum absolute atomic E-state index is 0.0235. The first-order valence-electron chi connectivity index (χ1n) is 9.74. The molecule has 160 valence electrons. The van der Waals surface area contributed by atoms with E-state index in [2.05, 4.69) is 10.3 Å². The molecule has 0 aliphatic rings. The molecule has 1 N–H and O–H groups in total. The minimum Gasteiger partial charge on any atom is -0.325 e. The quantitative estimate of drug-likeness (QED) is 0.248. The summed E-state index contributed by atoms with van der Waals surface area (Å²) < 4.78 is 1.49. The van der Waals surface area contributed by atoms with Gasteiger partial charge in [-0.1, -0.05) is 53.7 Å². The van der Waals surface area contributed by atoms with E-state index in [4.69, 9.17) is 11.6 Å². The number of hydrogen-bond donors (Lipinski definition) is 1. The zero-order valence-electron chi connectivity index (χ0n) is 17.0. The van der Waals surface area contributed by atoms with Crippen LogP contribution in [-0.4, -0.2) is 27.0 Å². The molecule has 1 heterocycles. The molecule has 0 spiro atoms. The van der Waals surface area contributed by atoms with Crippen molar-refractivity contribution in [3.05, 3.63) is 93.7 Å². The third-order valence-electron chi connectivity index (χ3n) is 4.70. The zero-order chi connectivity index (χ0) is 22.7. The van der Waals surface area contributed by atoms with Crippen LogP contribution in [0.15, 0.2) is 82.7 Å². The molecule has 0 bridgehead atoms. The van der Waals surface area contributed by atoms with Crippen LogP contribution in [-0.2, 0) is 4.79 Å². The number of nitrogens with one attached hydrogen (secondary N) is 1. The summed E-state index contributed by atoms with van der Waals surface area (Å²) in [5, 5.41) is 4.07. The monoisotopic (exact) mass is 463 g/mol. The molecular formula is C24H18ClN3O3S. The first kappa shape index (κ1) is 21.8. The topological polar surface area (TPSA) is 81.1 Å². The predicted molar refractivity (Wildman–Crippen MR) is 128 cm³/mol. The Morgan fingerprint density at radius 3 is 2.56 bits per heavy atom. The lowest BCUT2D eigenvalue weighted by atomic mass is 10.1. The van der Waals surface area contributed by atoms with Gasteiger partial charge in [-0.3, -0.25) is 19.0 Å². The highest BCUT2D eigenvalue weighted by molar-refractivity contribution is 7.99. The van der Waals surface area contributed by atoms with Crippen molar-refractivity contribution in [1.82, 2.24) is 9.55 Å². The van der Waals surface area contributed by atoms with E-state index in [1.54, 1.807) is 42.5 Å². The van der Waals surface area contributed by atoms with Crippen molar-refractivity contribution < 1.29 is 9.59 Å². The molecule has 4 aromatic rings. The van der Waals surface area contributed by atoms with Crippen molar-refractivity contribution in [2.45, 2.75) is 12.1 Å². The molecule has 0 aliphatic heterocycles. The molecule has 32 heavy (non-hydrogen) atoms. The van der Waals surface area contributed by atoms with Gasteiger partial charge in [-0.2, -0.15) is 0 Å². The normalized spacial score (nSPS) is 10.8. The van der Waals surface area contributed by atoms with E-state index in [9.17, 15) is 14.4 Å². The number of benzene rings is 3. The van der Waals surface area contributed by atoms with E-state index in [0.29, 0.717) is 38.0 Å². The van der Waals surface area contributed by atoms with Crippen molar-refractivity contribution >= 4 is 51.6 Å². The number of rotatable bonds is 6. The Balaban J connectivity index is 1.64. The van der Waals surface area contributed by atoms with Crippen LogP contribution in [0.25, 0.3) is 16.6 Å². The molecular weight excluding hydrogens is 446 g/mol. The Bertz CT molecular complexity index is 1390. The number of amides is 1. The summed E-state index contributed by atoms with van der Waals surface area (Å²) in [4.78, 5) is 42.0. The highest BCUT2D eigenvalue weighted by Crippen LogP contribution is 2.23. The fraction of sp³-hybridized carbons (Fsp3) is 0.0833. The predicted octanol–water partition coefficient (Wildman–Crippen LogP) is 4.97. The van der Waals surface area contributed by atoms with Gasteiger partial charge in [0.05, 0.1) is 22.3 Å². The molecule has 4 rings (SSSR count). The van der Waals surface area contributed by atoms with Gasteiger partial charge >= 0.3 is 0 Å². The Kier molecular flexibility index (Phi) is 6.39. The number of Topliss-reactive ketones (excluding diaryl/α,β-unsaturated/α-hetero) is 1. The van der Waals surface area contributed by atoms with E-state index in [1.807, 2.05) is 30.3 Å². The van der Waals surface area contributed by atoms with Crippen molar-refractivity contribution in [3.63, 3.8) is 0 Å². The van der Waals surface area contributed by atoms with Gasteiger partial charge in [-0.15, -0.1) is 0 Å². The van der Waals surface area contributed by atoms with Gasteiger partial charge in [0.25, 0.3) is 5.56 Å². The number of carbonyl (C=O) groups excluding carboxylic acids is 2. The van der Waals surface area contributed by atoms with Crippen molar-refractivity contribution in [3.8, 4) is 5.69 Å². The number of nitrogens with zero attached hydrogens (tertiary/aromatic N) is 2. The maximum absolute atomic E-state index is 13.2. The molecule has 6 nitrogen and oxygen atoms in total. The van der Waals surface area contributed by atoms with E-state index in [-0.39, 0.29) is 23.0 Å². The lowest BCUT2D eigenvalue weighted by molar-refractivity contribution is -0.113. The van der Waals surface area contributed by atoms with Crippen LogP contribution in [0, 0.1) is 0 Å². The molecule has 0 unspecified atom stereocenters. The Hall–Kier alpha value is -3.42. The molecule has 1 amide bonds. The second-order valence-electron chi connectivity index (χ2n) is 7.01. The smallest absolute Gasteiger partial charge is 0.266 e. The Morgan fingerprint density at radius 1 is 1.03 bits per heavy atom. The number of hydrogen-bond acceptors (Lipinski definition) is 5. The molecule has 0 atom stereocenters. The maximum atomic E-state index is 13.2. The highest BCUT2D eigenvalue weighted by atomic mass is 35.5. The Morgan fingerprint density at radius 2 is 1.81 bits per heavy atom. The number of thioether (sulfide) groups is 1. The largest absolute Gasteiger partial charge is 0.325 e. The second-order valence-corrected chi connectivity index (χ2v) is 8.38. The van der Waals surface area contributed by atoms with Crippen LogP contribution in [0.5, 0.6) is 0 Å². The first-order valence-corrected chi connectivity index (χ1v) is 11.1. The third-order valence-corrected chi connectivity index (χ3v) is 5.87. The minimum atomic E-state index is -0.282. The summed E-state index contributed by atoms with van der Waals surface area (Å²) in [7, 11) is 0. The molecule has 0 saturated heterocycles. The third kappa shape index (κ3) is 4.74. The summed E-state index contributed by atoms with van der Waals surface area (Å²) in [5.74, 6) is -0.340. The van der Waals surface area contributed by atoms with E-state index in [0.717, 1.165) is 11.8 Å². The van der Waals surface area contributed by atoms with Gasteiger partial charge in [0, 0.05) is 16.3 Å². The summed E-state index contributed by atoms with van der Waals surface area (Å²) in [5.41, 5.74) is 1.92. The fourth-order valence-electron chi connectivity index (χ4n) is 3.18. The van der Waals surface area contributed by atoms with E-state index >= 15 is 0 Å². The number of carbonyl (C=O) groups is 2. The molecule has 0 fully saturated rings. The second kappa shape index (κ2) is 9.38. The van der Waals surface area contributed by atoms with Gasteiger partial charge in [0.2, 0.25) is 5.91 Å². The summed E-state index contributed by atoms with van der Waals surface area (Å²) >= 11 is 7.23. The summed E-state index contributed by atoms with van der Waals surface area (Å²) in [6.07, 6.45) is 0. The van der Waals surface area contributed by atoms with Gasteiger partial charge in [0.15, 0.2) is 10.9 Å². The lowest BCUT2D eigenvalue weighted by Crippen LogP contribution is -2.23. The summed E-state index contributed by atoms with van der Waals surface area (Å²) in [6, 6.07) is 20.8. The number of fused-ring (bicyclic) bond motifs is 1. The lowest BCUT2D eigenvalue weighted by Gasteiger charge is -2.13. The number of anilines is 1. The molecule has 3 aromatic carbocycles. The number of halogens is 1. The van der Waals surface area contributed by atoms with Crippen molar-refractivity contribution in [1.29, 1.82) is 0 Å². The number of para-hydroxylation sites is 1. The molecule has 0 saturated carbocycles. The van der Waals surface area contributed by atoms with Crippen molar-refractivity contribution in [2.75, 3.05) is 11.1 Å². The van der Waals surface area contributed by atoms with E-state index < -0.39 is 0 Å². The van der Waals surface area contributed by atoms with Gasteiger partial charge in [-0.05, 0) is 49.4 Å². The highest BCUT2D eigenvalue weighted by Gasteiger charge is 2.15. The zero-order valence-corrected chi connectivity index (χ0v) is 18.6. The van der Waals surface area contributed by atoms with Crippen LogP contribution < -0.4 is 10.9 Å². The van der Waals surface area contributed by atoms with Gasteiger partial charge < -0.3 is 5.32 Å². The van der Waals surface area contributed by atoms with Gasteiger partial charge in [-0.25, -0.2) is 4.98 Å². The van der Waals surface area contributed by atoms with Crippen LogP contribution in [0.4, 0.5) is 5.69 Å². The van der Waals surface area contributed by atoms with Crippen LogP contribution in [0.1, 0.15) is 17.3 Å². The average Bonchev–Trinajstić information content (AvgIpc) is 2.78. The maximum Gasteiger partial charge on any atom is 0.266 e. The van der Waals surface area contributed by atoms with Crippen LogP contribution in [0.3, 0.4) is 0 Å². The number of aromatic nitrogens is 2. The van der Waals surface area contributed by atoms with Crippen LogP contribution in [0.2, 0.25) is 5.02 Å². The van der Waals surface area contributed by atoms with E-state index in [1.165, 1.54) is 11.5 Å². The average molecular weight is 464 g/mol. The molecule has 8 heteroatoms. The SMILES string of the molecule is CC(=O)c1cccc(NC(=O)CSc2nc3cc(Cl)ccc3c(=O)n2-c2ccccc2)c1. The fourth-order valence-corrected chi connectivity index (χ4v) is 4.16. The van der Waals surface area contributed by atoms with Gasteiger partial charge in [0.1, 0.15) is 0 Å². The Labute approximate surface area is 193 Å².